The van der Waals surface area contributed by atoms with Gasteiger partial charge in [-0.3, -0.25) is 4.79 Å². The maximum Gasteiger partial charge on any atom is 0.289 e. The van der Waals surface area contributed by atoms with Gasteiger partial charge in [0.1, 0.15) is 0 Å². The topological polar surface area (TPSA) is 54.7 Å². The Bertz CT molecular complexity index is 745. The van der Waals surface area contributed by atoms with Crippen LogP contribution in [0.25, 0.3) is 0 Å². The summed E-state index contributed by atoms with van der Waals surface area (Å²) in [4.78, 5) is 14.5. The zero-order valence-electron chi connectivity index (χ0n) is 13.9. The molecule has 0 aliphatic carbocycles. The molecule has 2 aromatic rings. The predicted molar refractivity (Wildman–Crippen MR) is 91.6 cm³/mol. The first-order valence-electron chi connectivity index (χ1n) is 8.57. The number of rotatable bonds is 3. The Kier molecular flexibility index (Phi) is 3.71. The highest BCUT2D eigenvalue weighted by Gasteiger charge is 2.42. The summed E-state index contributed by atoms with van der Waals surface area (Å²) in [5.74, 6) is 0.720. The van der Waals surface area contributed by atoms with E-state index in [0.717, 1.165) is 32.5 Å². The number of hydrogen-bond donors (Lipinski definition) is 1. The zero-order valence-corrected chi connectivity index (χ0v) is 13.9. The molecular weight excluding hydrogens is 304 g/mol. The lowest BCUT2D eigenvalue weighted by Crippen LogP contribution is -2.46. The van der Waals surface area contributed by atoms with E-state index in [4.69, 9.17) is 9.15 Å². The molecule has 1 N–H and O–H groups in total. The fourth-order valence-corrected chi connectivity index (χ4v) is 3.85. The molecule has 1 amide bonds. The highest BCUT2D eigenvalue weighted by atomic mass is 16.6. The lowest BCUT2D eigenvalue weighted by Gasteiger charge is -2.39. The van der Waals surface area contributed by atoms with Crippen LogP contribution in [0.1, 0.15) is 35.9 Å². The van der Waals surface area contributed by atoms with Gasteiger partial charge in [-0.1, -0.05) is 18.2 Å². The van der Waals surface area contributed by atoms with Gasteiger partial charge in [0, 0.05) is 36.8 Å². The smallest absolute Gasteiger partial charge is 0.289 e. The molecule has 2 aliphatic rings. The summed E-state index contributed by atoms with van der Waals surface area (Å²) < 4.78 is 10.8. The van der Waals surface area contributed by atoms with E-state index >= 15 is 0 Å². The molecule has 1 aromatic heterocycles. The van der Waals surface area contributed by atoms with Crippen molar-refractivity contribution in [2.45, 2.75) is 25.2 Å². The molecule has 1 saturated heterocycles. The largest absolute Gasteiger partial charge is 0.465 e. The molecule has 1 spiro atoms. The van der Waals surface area contributed by atoms with Gasteiger partial charge in [-0.05, 0) is 37.5 Å². The molecule has 0 bridgehead atoms. The maximum absolute atomic E-state index is 12.6. The van der Waals surface area contributed by atoms with E-state index < -0.39 is 0 Å². The Labute approximate surface area is 141 Å². The summed E-state index contributed by atoms with van der Waals surface area (Å²) in [7, 11) is 0. The van der Waals surface area contributed by atoms with Crippen LogP contribution in [0, 0.1) is 0 Å². The number of carbonyl (C=O) groups excluding carboxylic acids is 1. The quantitative estimate of drug-likeness (QED) is 0.940. The van der Waals surface area contributed by atoms with Crippen LogP contribution in [0.15, 0.2) is 40.8 Å². The number of piperidine rings is 1. The van der Waals surface area contributed by atoms with Gasteiger partial charge in [-0.2, -0.15) is 0 Å². The minimum atomic E-state index is -0.0463. The summed E-state index contributed by atoms with van der Waals surface area (Å²) in [5, 5.41) is 3.52. The molecule has 1 aromatic carbocycles. The van der Waals surface area contributed by atoms with E-state index in [1.54, 1.807) is 12.1 Å². The summed E-state index contributed by atoms with van der Waals surface area (Å²) >= 11 is 0. The lowest BCUT2D eigenvalue weighted by molar-refractivity contribution is 0.0637. The molecule has 4 rings (SSSR count). The number of fused-ring (bicyclic) bond motifs is 2. The monoisotopic (exact) mass is 326 g/mol. The second-order valence-electron chi connectivity index (χ2n) is 6.52. The van der Waals surface area contributed by atoms with Crippen LogP contribution in [0.4, 0.5) is 5.69 Å². The number of nitrogens with one attached hydrogen (secondary N) is 1. The molecule has 5 heteroatoms. The van der Waals surface area contributed by atoms with E-state index in [9.17, 15) is 4.79 Å². The van der Waals surface area contributed by atoms with Crippen molar-refractivity contribution in [3.05, 3.63) is 47.7 Å². The highest BCUT2D eigenvalue weighted by Crippen LogP contribution is 2.43. The fraction of sp³-hybridized carbons (Fsp3) is 0.421. The van der Waals surface area contributed by atoms with Crippen molar-refractivity contribution in [2.24, 2.45) is 0 Å². The van der Waals surface area contributed by atoms with Gasteiger partial charge in [0.2, 0.25) is 0 Å². The Morgan fingerprint density at radius 3 is 2.83 bits per heavy atom. The lowest BCUT2D eigenvalue weighted by atomic mass is 9.74. The molecular formula is C19H22N2O3. The first-order chi connectivity index (χ1) is 11.7. The van der Waals surface area contributed by atoms with E-state index in [2.05, 4.69) is 29.6 Å². The first kappa shape index (κ1) is 15.1. The van der Waals surface area contributed by atoms with Gasteiger partial charge in [0.25, 0.3) is 11.9 Å². The molecule has 5 nitrogen and oxygen atoms in total. The second-order valence-corrected chi connectivity index (χ2v) is 6.52. The van der Waals surface area contributed by atoms with Crippen LogP contribution in [-0.4, -0.2) is 37.0 Å². The molecule has 1 fully saturated rings. The van der Waals surface area contributed by atoms with Crippen LogP contribution in [0.5, 0.6) is 5.95 Å². The number of hydrogen-bond acceptors (Lipinski definition) is 4. The van der Waals surface area contributed by atoms with Crippen LogP contribution in [-0.2, 0) is 5.41 Å². The number of amides is 1. The number of furan rings is 1. The number of nitrogens with zero attached hydrogens (tertiary/aromatic N) is 1. The third-order valence-electron chi connectivity index (χ3n) is 5.20. The normalized spacial score (nSPS) is 18.3. The van der Waals surface area contributed by atoms with Gasteiger partial charge in [-0.15, -0.1) is 0 Å². The third kappa shape index (κ3) is 2.44. The van der Waals surface area contributed by atoms with Gasteiger partial charge < -0.3 is 19.4 Å². The molecule has 0 radical (unpaired) electrons. The Morgan fingerprint density at radius 2 is 2.04 bits per heavy atom. The molecule has 0 atom stereocenters. The van der Waals surface area contributed by atoms with Crippen molar-refractivity contribution in [2.75, 3.05) is 31.6 Å². The summed E-state index contributed by atoms with van der Waals surface area (Å²) in [6, 6.07) is 11.9. The van der Waals surface area contributed by atoms with Crippen LogP contribution >= 0.6 is 0 Å². The summed E-state index contributed by atoms with van der Waals surface area (Å²) in [5.41, 5.74) is 2.80. The highest BCUT2D eigenvalue weighted by molar-refractivity contribution is 5.91. The minimum absolute atomic E-state index is 0.0463. The number of anilines is 1. The number of benzene rings is 1. The SMILES string of the molecule is CCOc1ccc(C(=O)N2CCC3(CC2)CNc2ccccc23)o1. The first-order valence-corrected chi connectivity index (χ1v) is 8.57. The molecule has 24 heavy (non-hydrogen) atoms. The summed E-state index contributed by atoms with van der Waals surface area (Å²) in [6.07, 6.45) is 1.95. The average Bonchev–Trinajstić information content (AvgIpc) is 3.22. The van der Waals surface area contributed by atoms with E-state index in [1.165, 1.54) is 11.3 Å². The number of carbonyl (C=O) groups is 1. The van der Waals surface area contributed by atoms with Gasteiger partial charge in [0.15, 0.2) is 5.76 Å². The van der Waals surface area contributed by atoms with Crippen molar-refractivity contribution in [1.29, 1.82) is 0 Å². The van der Waals surface area contributed by atoms with Crippen molar-refractivity contribution in [3.8, 4) is 5.95 Å². The van der Waals surface area contributed by atoms with Crippen molar-refractivity contribution in [1.82, 2.24) is 4.90 Å². The molecule has 0 saturated carbocycles. The number of para-hydroxylation sites is 1. The number of ether oxygens (including phenoxy) is 1. The van der Waals surface area contributed by atoms with Crippen LogP contribution in [0.2, 0.25) is 0 Å². The maximum atomic E-state index is 12.6. The van der Waals surface area contributed by atoms with Crippen molar-refractivity contribution in [3.63, 3.8) is 0 Å². The zero-order chi connectivity index (χ0) is 16.6. The van der Waals surface area contributed by atoms with Crippen molar-refractivity contribution < 1.29 is 13.9 Å². The minimum Gasteiger partial charge on any atom is -0.465 e. The Hall–Kier alpha value is -2.43. The average molecular weight is 326 g/mol. The van der Waals surface area contributed by atoms with Crippen LogP contribution in [0.3, 0.4) is 0 Å². The second kappa shape index (κ2) is 5.89. The molecule has 2 aliphatic heterocycles. The number of likely N-dealkylation sites (tertiary alicyclic amines) is 1. The Morgan fingerprint density at radius 1 is 1.25 bits per heavy atom. The van der Waals surface area contributed by atoms with E-state index in [-0.39, 0.29) is 11.3 Å². The van der Waals surface area contributed by atoms with Gasteiger partial charge in [-0.25, -0.2) is 0 Å². The van der Waals surface area contributed by atoms with E-state index in [0.29, 0.717) is 18.3 Å². The molecule has 126 valence electrons. The van der Waals surface area contributed by atoms with E-state index in [1.807, 2.05) is 11.8 Å². The molecule has 3 heterocycles. The van der Waals surface area contributed by atoms with Gasteiger partial charge in [0.05, 0.1) is 6.61 Å². The van der Waals surface area contributed by atoms with Crippen molar-refractivity contribution >= 4 is 11.6 Å². The molecule has 0 unspecified atom stereocenters. The third-order valence-corrected chi connectivity index (χ3v) is 5.20. The van der Waals surface area contributed by atoms with Crippen LogP contribution < -0.4 is 10.1 Å². The van der Waals surface area contributed by atoms with Gasteiger partial charge >= 0.3 is 0 Å². The Balaban J connectivity index is 1.45. The summed E-state index contributed by atoms with van der Waals surface area (Å²) in [6.45, 7) is 4.88. The fourth-order valence-electron chi connectivity index (χ4n) is 3.85. The standard InChI is InChI=1S/C19H22N2O3/c1-2-23-17-8-7-16(24-17)18(22)21-11-9-19(10-12-21)13-20-15-6-4-3-5-14(15)19/h3-8,20H,2,9-13H2,1H3. The predicted octanol–water partition coefficient (Wildman–Crippen LogP) is 3.28.